The number of nitrogens with zero attached hydrogens (tertiary/aromatic N) is 1. The summed E-state index contributed by atoms with van der Waals surface area (Å²) in [6.07, 6.45) is 2.40. The van der Waals surface area contributed by atoms with Crippen LogP contribution in [0.3, 0.4) is 0 Å². The maximum absolute atomic E-state index is 11.9. The third-order valence-electron chi connectivity index (χ3n) is 2.99. The van der Waals surface area contributed by atoms with E-state index < -0.39 is 0 Å². The summed E-state index contributed by atoms with van der Waals surface area (Å²) in [6, 6.07) is 6.56. The van der Waals surface area contributed by atoms with E-state index in [1.54, 1.807) is 16.8 Å². The lowest BCUT2D eigenvalue weighted by atomic mass is 10.3. The van der Waals surface area contributed by atoms with Crippen LogP contribution in [0.1, 0.15) is 24.7 Å². The van der Waals surface area contributed by atoms with Crippen molar-refractivity contribution in [2.24, 2.45) is 0 Å². The second-order valence-corrected chi connectivity index (χ2v) is 4.63. The van der Waals surface area contributed by atoms with Gasteiger partial charge in [0, 0.05) is 29.7 Å². The molecule has 0 saturated heterocycles. The molecule has 0 saturated carbocycles. The summed E-state index contributed by atoms with van der Waals surface area (Å²) in [6.45, 7) is 4.69. The fourth-order valence-corrected chi connectivity index (χ4v) is 1.91. The molecule has 0 atom stereocenters. The summed E-state index contributed by atoms with van der Waals surface area (Å²) in [5.74, 6) is 0.313. The lowest BCUT2D eigenvalue weighted by molar-refractivity contribution is 0.313. The SMILES string of the molecule is CCCOc1c[nH]c(Cn2c(C)cccc2=O)cc1=O. The summed E-state index contributed by atoms with van der Waals surface area (Å²) >= 11 is 0. The predicted octanol–water partition coefficient (Wildman–Crippen LogP) is 1.68. The summed E-state index contributed by atoms with van der Waals surface area (Å²) in [7, 11) is 0. The lowest BCUT2D eigenvalue weighted by Crippen LogP contribution is -2.22. The Bertz CT molecular complexity index is 701. The van der Waals surface area contributed by atoms with E-state index >= 15 is 0 Å². The Labute approximate surface area is 116 Å². The topological polar surface area (TPSA) is 64.1 Å². The van der Waals surface area contributed by atoms with Crippen LogP contribution in [0.5, 0.6) is 5.75 Å². The van der Waals surface area contributed by atoms with E-state index in [1.807, 2.05) is 19.9 Å². The first-order valence-electron chi connectivity index (χ1n) is 6.62. The molecule has 1 N–H and O–H groups in total. The minimum absolute atomic E-state index is 0.0860. The Balaban J connectivity index is 2.25. The first-order chi connectivity index (χ1) is 9.61. The molecular formula is C15H18N2O3. The van der Waals surface area contributed by atoms with Crippen molar-refractivity contribution in [3.8, 4) is 5.75 Å². The number of aromatic amines is 1. The van der Waals surface area contributed by atoms with Crippen molar-refractivity contribution < 1.29 is 4.74 Å². The molecule has 2 heterocycles. The van der Waals surface area contributed by atoms with Gasteiger partial charge < -0.3 is 14.3 Å². The molecule has 0 aliphatic heterocycles. The largest absolute Gasteiger partial charge is 0.488 e. The number of hydrogen-bond acceptors (Lipinski definition) is 3. The molecule has 0 aliphatic rings. The van der Waals surface area contributed by atoms with E-state index in [4.69, 9.17) is 4.74 Å². The van der Waals surface area contributed by atoms with Gasteiger partial charge in [0.2, 0.25) is 5.43 Å². The molecule has 0 bridgehead atoms. The molecule has 2 rings (SSSR count). The number of rotatable bonds is 5. The van der Waals surface area contributed by atoms with E-state index in [9.17, 15) is 9.59 Å². The molecule has 0 aliphatic carbocycles. The Morgan fingerprint density at radius 2 is 2.10 bits per heavy atom. The Kier molecular flexibility index (Phi) is 4.40. The van der Waals surface area contributed by atoms with Crippen molar-refractivity contribution in [3.05, 3.63) is 62.4 Å². The van der Waals surface area contributed by atoms with Crippen molar-refractivity contribution in [1.82, 2.24) is 9.55 Å². The van der Waals surface area contributed by atoms with Gasteiger partial charge in [0.1, 0.15) is 0 Å². The van der Waals surface area contributed by atoms with Crippen LogP contribution in [0.4, 0.5) is 0 Å². The predicted molar refractivity (Wildman–Crippen MR) is 77.4 cm³/mol. The number of aryl methyl sites for hydroxylation is 1. The summed E-state index contributed by atoms with van der Waals surface area (Å²) in [4.78, 5) is 26.7. The maximum atomic E-state index is 11.9. The average molecular weight is 274 g/mol. The van der Waals surface area contributed by atoms with Gasteiger partial charge in [-0.15, -0.1) is 0 Å². The van der Waals surface area contributed by atoms with Crippen LogP contribution in [-0.2, 0) is 6.54 Å². The van der Waals surface area contributed by atoms with Crippen LogP contribution in [0, 0.1) is 6.92 Å². The van der Waals surface area contributed by atoms with Crippen LogP contribution in [0.2, 0.25) is 0 Å². The number of hydrogen-bond donors (Lipinski definition) is 1. The van der Waals surface area contributed by atoms with Gasteiger partial charge in [0.25, 0.3) is 5.56 Å². The normalized spacial score (nSPS) is 10.5. The van der Waals surface area contributed by atoms with Crippen molar-refractivity contribution in [2.45, 2.75) is 26.8 Å². The minimum atomic E-state index is -0.172. The average Bonchev–Trinajstić information content (AvgIpc) is 2.42. The Hall–Kier alpha value is -2.30. The maximum Gasteiger partial charge on any atom is 0.251 e. The molecule has 2 aromatic rings. The van der Waals surface area contributed by atoms with Gasteiger partial charge in [0.05, 0.1) is 13.2 Å². The molecule has 106 valence electrons. The lowest BCUT2D eigenvalue weighted by Gasteiger charge is -2.10. The quantitative estimate of drug-likeness (QED) is 0.902. The fourth-order valence-electron chi connectivity index (χ4n) is 1.91. The highest BCUT2D eigenvalue weighted by atomic mass is 16.5. The van der Waals surface area contributed by atoms with E-state index in [-0.39, 0.29) is 11.0 Å². The zero-order chi connectivity index (χ0) is 14.5. The van der Waals surface area contributed by atoms with Crippen LogP contribution in [-0.4, -0.2) is 16.2 Å². The number of ether oxygens (including phenoxy) is 1. The van der Waals surface area contributed by atoms with Gasteiger partial charge in [0.15, 0.2) is 5.75 Å². The molecule has 20 heavy (non-hydrogen) atoms. The van der Waals surface area contributed by atoms with Gasteiger partial charge in [-0.2, -0.15) is 0 Å². The third kappa shape index (κ3) is 3.17. The molecule has 0 aromatic carbocycles. The second-order valence-electron chi connectivity index (χ2n) is 4.63. The van der Waals surface area contributed by atoms with Crippen molar-refractivity contribution in [2.75, 3.05) is 6.61 Å². The zero-order valence-corrected chi connectivity index (χ0v) is 11.7. The van der Waals surface area contributed by atoms with Crippen LogP contribution >= 0.6 is 0 Å². The molecule has 0 amide bonds. The molecule has 0 fully saturated rings. The highest BCUT2D eigenvalue weighted by Gasteiger charge is 2.05. The van der Waals surface area contributed by atoms with Gasteiger partial charge in [-0.1, -0.05) is 13.0 Å². The summed E-state index contributed by atoms with van der Waals surface area (Å²) in [5, 5.41) is 0. The first-order valence-corrected chi connectivity index (χ1v) is 6.62. The summed E-state index contributed by atoms with van der Waals surface area (Å²) < 4.78 is 6.94. The highest BCUT2D eigenvalue weighted by molar-refractivity contribution is 5.21. The van der Waals surface area contributed by atoms with Crippen LogP contribution in [0.15, 0.2) is 40.1 Å². The molecular weight excluding hydrogens is 256 g/mol. The van der Waals surface area contributed by atoms with Gasteiger partial charge in [-0.05, 0) is 19.4 Å². The zero-order valence-electron chi connectivity index (χ0n) is 11.7. The van der Waals surface area contributed by atoms with Crippen LogP contribution < -0.4 is 15.7 Å². The van der Waals surface area contributed by atoms with Crippen LogP contribution in [0.25, 0.3) is 0 Å². The molecule has 0 spiro atoms. The number of aromatic nitrogens is 2. The van der Waals surface area contributed by atoms with E-state index in [0.29, 0.717) is 24.6 Å². The molecule has 0 radical (unpaired) electrons. The first kappa shape index (κ1) is 14.1. The Morgan fingerprint density at radius 3 is 2.75 bits per heavy atom. The molecule has 0 unspecified atom stereocenters. The second kappa shape index (κ2) is 6.23. The summed E-state index contributed by atoms with van der Waals surface area (Å²) in [5.41, 5.74) is 1.27. The minimum Gasteiger partial charge on any atom is -0.488 e. The van der Waals surface area contributed by atoms with Gasteiger partial charge in [-0.25, -0.2) is 0 Å². The van der Waals surface area contributed by atoms with Crippen molar-refractivity contribution in [3.63, 3.8) is 0 Å². The smallest absolute Gasteiger partial charge is 0.251 e. The molecule has 2 aromatic heterocycles. The standard InChI is InChI=1S/C15H18N2O3/c1-3-7-20-14-9-16-12(8-13(14)18)10-17-11(2)5-4-6-15(17)19/h4-6,8-9H,3,7,10H2,1-2H3,(H,16,18). The van der Waals surface area contributed by atoms with E-state index in [2.05, 4.69) is 4.98 Å². The number of pyridine rings is 2. The van der Waals surface area contributed by atoms with Gasteiger partial charge >= 0.3 is 0 Å². The number of H-pyrrole nitrogens is 1. The van der Waals surface area contributed by atoms with Gasteiger partial charge in [-0.3, -0.25) is 9.59 Å². The van der Waals surface area contributed by atoms with Crippen molar-refractivity contribution in [1.29, 1.82) is 0 Å². The van der Waals surface area contributed by atoms with E-state index in [1.165, 1.54) is 12.1 Å². The van der Waals surface area contributed by atoms with Crippen molar-refractivity contribution >= 4 is 0 Å². The fraction of sp³-hybridized carbons (Fsp3) is 0.333. The molecule has 5 nitrogen and oxygen atoms in total. The number of nitrogens with one attached hydrogen (secondary N) is 1. The molecule has 5 heteroatoms. The third-order valence-corrected chi connectivity index (χ3v) is 2.99. The highest BCUT2D eigenvalue weighted by Crippen LogP contribution is 2.04. The van der Waals surface area contributed by atoms with E-state index in [0.717, 1.165) is 12.1 Å². The Morgan fingerprint density at radius 1 is 1.30 bits per heavy atom. The monoisotopic (exact) mass is 274 g/mol.